The third-order valence-corrected chi connectivity index (χ3v) is 5.31. The molecule has 0 radical (unpaired) electrons. The average molecular weight is 246 g/mol. The van der Waals surface area contributed by atoms with Crippen LogP contribution in [0.5, 0.6) is 0 Å². The maximum Gasteiger partial charge on any atom is 0.0419 e. The molecule has 0 aliphatic heterocycles. The largest absolute Gasteiger partial charge is 0.316 e. The number of nitrogens with one attached hydrogen (secondary N) is 1. The molecule has 1 heterocycles. The van der Waals surface area contributed by atoms with Gasteiger partial charge in [-0.3, -0.25) is 4.98 Å². The van der Waals surface area contributed by atoms with Crippen LogP contribution < -0.4 is 5.32 Å². The molecule has 1 atom stereocenters. The number of aryl methyl sites for hydroxylation is 1. The summed E-state index contributed by atoms with van der Waals surface area (Å²) in [5.74, 6) is 0.720. The molecular weight excluding hydrogens is 220 g/mol. The van der Waals surface area contributed by atoms with Gasteiger partial charge in [-0.05, 0) is 42.3 Å². The monoisotopic (exact) mass is 246 g/mol. The molecule has 0 amide bonds. The minimum atomic E-state index is 0.422. The van der Waals surface area contributed by atoms with E-state index in [4.69, 9.17) is 0 Å². The van der Waals surface area contributed by atoms with Gasteiger partial charge in [-0.2, -0.15) is 0 Å². The van der Waals surface area contributed by atoms with E-state index in [1.54, 1.807) is 0 Å². The van der Waals surface area contributed by atoms with Crippen LogP contribution in [0.2, 0.25) is 0 Å². The molecule has 0 saturated heterocycles. The normalized spacial score (nSPS) is 22.8. The Balaban J connectivity index is 2.10. The second-order valence-corrected chi connectivity index (χ2v) is 6.85. The zero-order chi connectivity index (χ0) is 13.6. The number of hydrogen-bond acceptors (Lipinski definition) is 2. The zero-order valence-corrected chi connectivity index (χ0v) is 12.5. The highest BCUT2D eigenvalue weighted by atomic mass is 14.9. The van der Waals surface area contributed by atoms with Crippen LogP contribution in [0.1, 0.15) is 39.0 Å². The SMILES string of the molecule is CNC(Cc1ccc(C)cn1)C1C(C)(C)C1(C)C. The predicted molar refractivity (Wildman–Crippen MR) is 76.6 cm³/mol. The number of rotatable bonds is 4. The van der Waals surface area contributed by atoms with Crippen LogP contribution in [0.25, 0.3) is 0 Å². The highest BCUT2D eigenvalue weighted by Crippen LogP contribution is 2.69. The number of nitrogens with zero attached hydrogens (tertiary/aromatic N) is 1. The van der Waals surface area contributed by atoms with Crippen molar-refractivity contribution in [1.82, 2.24) is 10.3 Å². The second kappa shape index (κ2) is 4.34. The van der Waals surface area contributed by atoms with Gasteiger partial charge in [0.1, 0.15) is 0 Å². The van der Waals surface area contributed by atoms with Gasteiger partial charge in [0.2, 0.25) is 0 Å². The van der Waals surface area contributed by atoms with Crippen LogP contribution in [0, 0.1) is 23.7 Å². The van der Waals surface area contributed by atoms with Gasteiger partial charge in [0.05, 0.1) is 0 Å². The summed E-state index contributed by atoms with van der Waals surface area (Å²) in [7, 11) is 2.07. The van der Waals surface area contributed by atoms with Crippen LogP contribution in [0.3, 0.4) is 0 Å². The summed E-state index contributed by atoms with van der Waals surface area (Å²) in [6.07, 6.45) is 2.99. The third-order valence-electron chi connectivity index (χ3n) is 5.31. The van der Waals surface area contributed by atoms with E-state index in [-0.39, 0.29) is 0 Å². The van der Waals surface area contributed by atoms with Crippen molar-refractivity contribution in [2.45, 2.75) is 47.1 Å². The fourth-order valence-electron chi connectivity index (χ4n) is 3.48. The molecule has 1 N–H and O–H groups in total. The molecule has 0 spiro atoms. The summed E-state index contributed by atoms with van der Waals surface area (Å²) in [6, 6.07) is 4.82. The van der Waals surface area contributed by atoms with Crippen molar-refractivity contribution < 1.29 is 0 Å². The molecule has 2 rings (SSSR count). The first-order chi connectivity index (χ1) is 8.30. The highest BCUT2D eigenvalue weighted by molar-refractivity contribution is 5.19. The first kappa shape index (κ1) is 13.5. The Morgan fingerprint density at radius 1 is 1.22 bits per heavy atom. The number of pyridine rings is 1. The van der Waals surface area contributed by atoms with Crippen LogP contribution >= 0.6 is 0 Å². The Hall–Kier alpha value is -0.890. The highest BCUT2D eigenvalue weighted by Gasteiger charge is 2.66. The molecule has 1 fully saturated rings. The molecule has 2 heteroatoms. The fourth-order valence-corrected chi connectivity index (χ4v) is 3.48. The molecule has 0 aromatic carbocycles. The van der Waals surface area contributed by atoms with Crippen molar-refractivity contribution in [2.24, 2.45) is 16.7 Å². The number of likely N-dealkylation sites (N-methyl/N-ethyl adjacent to an activating group) is 1. The maximum absolute atomic E-state index is 4.53. The molecule has 0 bridgehead atoms. The van der Waals surface area contributed by atoms with Crippen LogP contribution in [-0.2, 0) is 6.42 Å². The van der Waals surface area contributed by atoms with Crippen molar-refractivity contribution in [3.05, 3.63) is 29.6 Å². The first-order valence-electron chi connectivity index (χ1n) is 6.89. The summed E-state index contributed by atoms with van der Waals surface area (Å²) in [6.45, 7) is 11.6. The smallest absolute Gasteiger partial charge is 0.0419 e. The van der Waals surface area contributed by atoms with E-state index in [0.717, 1.165) is 12.3 Å². The Kier molecular flexibility index (Phi) is 3.26. The van der Waals surface area contributed by atoms with E-state index in [0.29, 0.717) is 16.9 Å². The van der Waals surface area contributed by atoms with E-state index in [2.05, 4.69) is 64.1 Å². The topological polar surface area (TPSA) is 24.9 Å². The Morgan fingerprint density at radius 3 is 2.22 bits per heavy atom. The quantitative estimate of drug-likeness (QED) is 0.882. The van der Waals surface area contributed by atoms with Gasteiger partial charge in [0.25, 0.3) is 0 Å². The molecule has 1 aliphatic carbocycles. The molecular formula is C16H26N2. The molecule has 2 nitrogen and oxygen atoms in total. The summed E-state index contributed by atoms with van der Waals surface area (Å²) < 4.78 is 0. The van der Waals surface area contributed by atoms with Crippen LogP contribution in [0.4, 0.5) is 0 Å². The zero-order valence-electron chi connectivity index (χ0n) is 12.5. The standard InChI is InChI=1S/C16H26N2/c1-11-7-8-12(18-10-11)9-13(17-6)14-15(2,3)16(14,4)5/h7-8,10,13-14,17H,9H2,1-6H3. The third kappa shape index (κ3) is 2.07. The maximum atomic E-state index is 4.53. The Bertz CT molecular complexity index is 403. The predicted octanol–water partition coefficient (Wildman–Crippen LogP) is 3.20. The lowest BCUT2D eigenvalue weighted by Crippen LogP contribution is -2.32. The van der Waals surface area contributed by atoms with E-state index in [9.17, 15) is 0 Å². The lowest BCUT2D eigenvalue weighted by Gasteiger charge is -2.18. The average Bonchev–Trinajstić information content (AvgIpc) is 2.70. The van der Waals surface area contributed by atoms with Crippen LogP contribution in [-0.4, -0.2) is 18.1 Å². The van der Waals surface area contributed by atoms with Gasteiger partial charge < -0.3 is 5.32 Å². The fraction of sp³-hybridized carbons (Fsp3) is 0.688. The van der Waals surface area contributed by atoms with Crippen molar-refractivity contribution in [2.75, 3.05) is 7.05 Å². The van der Waals surface area contributed by atoms with Gasteiger partial charge in [-0.25, -0.2) is 0 Å². The van der Waals surface area contributed by atoms with Gasteiger partial charge in [-0.15, -0.1) is 0 Å². The molecule has 1 aliphatic rings. The van der Waals surface area contributed by atoms with Crippen molar-refractivity contribution in [3.8, 4) is 0 Å². The number of aromatic nitrogens is 1. The first-order valence-corrected chi connectivity index (χ1v) is 6.89. The Labute approximate surface area is 111 Å². The van der Waals surface area contributed by atoms with Crippen molar-refractivity contribution in [3.63, 3.8) is 0 Å². The van der Waals surface area contributed by atoms with Crippen molar-refractivity contribution >= 4 is 0 Å². The summed E-state index contributed by atoms with van der Waals surface area (Å²) in [5, 5.41) is 3.50. The van der Waals surface area contributed by atoms with Crippen LogP contribution in [0.15, 0.2) is 18.3 Å². The molecule has 1 aromatic heterocycles. The lowest BCUT2D eigenvalue weighted by atomic mass is 9.99. The second-order valence-electron chi connectivity index (χ2n) is 6.85. The minimum Gasteiger partial charge on any atom is -0.316 e. The van der Waals surface area contributed by atoms with E-state index >= 15 is 0 Å². The van der Waals surface area contributed by atoms with Gasteiger partial charge in [0.15, 0.2) is 0 Å². The van der Waals surface area contributed by atoms with E-state index < -0.39 is 0 Å². The van der Waals surface area contributed by atoms with E-state index in [1.165, 1.54) is 11.3 Å². The summed E-state index contributed by atoms with van der Waals surface area (Å²) in [5.41, 5.74) is 3.27. The van der Waals surface area contributed by atoms with Gasteiger partial charge in [-0.1, -0.05) is 33.8 Å². The van der Waals surface area contributed by atoms with E-state index in [1.807, 2.05) is 6.20 Å². The molecule has 100 valence electrons. The molecule has 1 aromatic rings. The molecule has 1 saturated carbocycles. The van der Waals surface area contributed by atoms with Crippen molar-refractivity contribution in [1.29, 1.82) is 0 Å². The lowest BCUT2D eigenvalue weighted by molar-refractivity contribution is 0.418. The minimum absolute atomic E-state index is 0.422. The summed E-state index contributed by atoms with van der Waals surface area (Å²) in [4.78, 5) is 4.53. The Morgan fingerprint density at radius 2 is 1.83 bits per heavy atom. The number of hydrogen-bond donors (Lipinski definition) is 1. The van der Waals surface area contributed by atoms with Gasteiger partial charge >= 0.3 is 0 Å². The van der Waals surface area contributed by atoms with Gasteiger partial charge in [0, 0.05) is 24.4 Å². The molecule has 18 heavy (non-hydrogen) atoms. The molecule has 1 unspecified atom stereocenters. The summed E-state index contributed by atoms with van der Waals surface area (Å²) >= 11 is 0.